The maximum Gasteiger partial charge on any atom is 0.321 e. The highest BCUT2D eigenvalue weighted by Gasteiger charge is 2.15. The van der Waals surface area contributed by atoms with Crippen molar-refractivity contribution in [1.29, 1.82) is 0 Å². The van der Waals surface area contributed by atoms with E-state index in [1.54, 1.807) is 12.1 Å². The van der Waals surface area contributed by atoms with Crippen molar-refractivity contribution in [2.75, 3.05) is 6.61 Å². The van der Waals surface area contributed by atoms with E-state index in [4.69, 9.17) is 20.8 Å². The van der Waals surface area contributed by atoms with Gasteiger partial charge in [-0.25, -0.2) is 9.18 Å². The number of hydrogen-bond donors (Lipinski definition) is 2. The van der Waals surface area contributed by atoms with Crippen LogP contribution in [0.5, 0.6) is 0 Å². The van der Waals surface area contributed by atoms with Crippen molar-refractivity contribution in [2.45, 2.75) is 13.0 Å². The zero-order valence-corrected chi connectivity index (χ0v) is 13.6. The molecule has 1 aromatic heterocycles. The van der Waals surface area contributed by atoms with Gasteiger partial charge in [0.15, 0.2) is 6.61 Å². The van der Waals surface area contributed by atoms with Gasteiger partial charge in [0.2, 0.25) is 0 Å². The van der Waals surface area contributed by atoms with Gasteiger partial charge in [-0.05, 0) is 24.3 Å². The molecule has 0 aliphatic heterocycles. The third-order valence-electron chi connectivity index (χ3n) is 3.00. The molecule has 0 bridgehead atoms. The molecule has 0 unspecified atom stereocenters. The van der Waals surface area contributed by atoms with Crippen molar-refractivity contribution >= 4 is 29.5 Å². The van der Waals surface area contributed by atoms with Crippen molar-refractivity contribution in [3.8, 4) is 0 Å². The normalized spacial score (nSPS) is 10.2. The zero-order valence-electron chi connectivity index (χ0n) is 12.9. The molecule has 25 heavy (non-hydrogen) atoms. The number of benzene rings is 1. The number of urea groups is 1. The van der Waals surface area contributed by atoms with Gasteiger partial charge in [0.05, 0.1) is 19.2 Å². The van der Waals surface area contributed by atoms with Crippen LogP contribution in [0.2, 0.25) is 5.02 Å². The lowest BCUT2D eigenvalue weighted by atomic mass is 10.1. The Labute approximate surface area is 147 Å². The summed E-state index contributed by atoms with van der Waals surface area (Å²) in [5.41, 5.74) is -0.0224. The van der Waals surface area contributed by atoms with Crippen LogP contribution in [0, 0.1) is 5.82 Å². The fraction of sp³-hybridized carbons (Fsp3) is 0.188. The smallest absolute Gasteiger partial charge is 0.321 e. The van der Waals surface area contributed by atoms with Crippen LogP contribution in [0.4, 0.5) is 9.18 Å². The number of rotatable bonds is 6. The SMILES string of the molecule is O=C(COC(=O)Cc1c(F)cccc1Cl)NC(=O)NCc1ccco1. The van der Waals surface area contributed by atoms with Gasteiger partial charge in [-0.1, -0.05) is 17.7 Å². The first-order chi connectivity index (χ1) is 12.0. The van der Waals surface area contributed by atoms with Crippen molar-refractivity contribution < 1.29 is 27.9 Å². The molecule has 2 N–H and O–H groups in total. The van der Waals surface area contributed by atoms with Crippen LogP contribution in [-0.2, 0) is 27.3 Å². The second-order valence-corrected chi connectivity index (χ2v) is 5.26. The van der Waals surface area contributed by atoms with Crippen molar-refractivity contribution in [3.63, 3.8) is 0 Å². The highest BCUT2D eigenvalue weighted by molar-refractivity contribution is 6.31. The minimum absolute atomic E-state index is 0.0224. The molecule has 2 aromatic rings. The Hall–Kier alpha value is -2.87. The van der Waals surface area contributed by atoms with Crippen LogP contribution in [0.15, 0.2) is 41.0 Å². The number of halogens is 2. The average Bonchev–Trinajstić information content (AvgIpc) is 3.08. The van der Waals surface area contributed by atoms with Gasteiger partial charge in [0.1, 0.15) is 11.6 Å². The molecule has 7 nitrogen and oxygen atoms in total. The van der Waals surface area contributed by atoms with E-state index in [9.17, 15) is 18.8 Å². The molecule has 2 rings (SSSR count). The molecule has 1 aromatic carbocycles. The Morgan fingerprint density at radius 2 is 2.00 bits per heavy atom. The van der Waals surface area contributed by atoms with Crippen LogP contribution in [-0.4, -0.2) is 24.5 Å². The van der Waals surface area contributed by atoms with E-state index in [1.165, 1.54) is 18.4 Å². The van der Waals surface area contributed by atoms with Gasteiger partial charge in [-0.3, -0.25) is 14.9 Å². The fourth-order valence-corrected chi connectivity index (χ4v) is 2.06. The molecule has 0 radical (unpaired) electrons. The van der Waals surface area contributed by atoms with Crippen LogP contribution < -0.4 is 10.6 Å². The average molecular weight is 369 g/mol. The summed E-state index contributed by atoms with van der Waals surface area (Å²) in [5, 5.41) is 4.44. The largest absolute Gasteiger partial charge is 0.467 e. The van der Waals surface area contributed by atoms with Crippen LogP contribution in [0.3, 0.4) is 0 Å². The monoisotopic (exact) mass is 368 g/mol. The number of nitrogens with one attached hydrogen (secondary N) is 2. The van der Waals surface area contributed by atoms with Gasteiger partial charge in [0, 0.05) is 10.6 Å². The number of hydrogen-bond acceptors (Lipinski definition) is 5. The third kappa shape index (κ3) is 5.92. The summed E-state index contributed by atoms with van der Waals surface area (Å²) in [6, 6.07) is 6.53. The Morgan fingerprint density at radius 1 is 1.20 bits per heavy atom. The summed E-state index contributed by atoms with van der Waals surface area (Å²) in [6.45, 7) is -0.587. The summed E-state index contributed by atoms with van der Waals surface area (Å²) in [5.74, 6) is -1.81. The molecule has 0 fully saturated rings. The summed E-state index contributed by atoms with van der Waals surface area (Å²) < 4.78 is 23.3. The molecule has 0 spiro atoms. The van der Waals surface area contributed by atoms with E-state index in [0.29, 0.717) is 5.76 Å². The predicted octanol–water partition coefficient (Wildman–Crippen LogP) is 2.18. The molecule has 132 valence electrons. The van der Waals surface area contributed by atoms with Gasteiger partial charge in [0.25, 0.3) is 5.91 Å². The fourth-order valence-electron chi connectivity index (χ4n) is 1.83. The molecule has 3 amide bonds. The molecular weight excluding hydrogens is 355 g/mol. The summed E-state index contributed by atoms with van der Waals surface area (Å²) in [7, 11) is 0. The van der Waals surface area contributed by atoms with E-state index in [0.717, 1.165) is 6.07 Å². The van der Waals surface area contributed by atoms with Gasteiger partial charge >= 0.3 is 12.0 Å². The standard InChI is InChI=1S/C16H14ClFN2O5/c17-12-4-1-5-13(18)11(12)7-15(22)25-9-14(21)20-16(23)19-8-10-3-2-6-24-10/h1-6H,7-9H2,(H2,19,20,21,23). The zero-order chi connectivity index (χ0) is 18.2. The second kappa shape index (κ2) is 8.84. The lowest BCUT2D eigenvalue weighted by Crippen LogP contribution is -2.41. The Bertz CT molecular complexity index is 744. The third-order valence-corrected chi connectivity index (χ3v) is 3.36. The Kier molecular flexibility index (Phi) is 6.53. The number of amides is 3. The quantitative estimate of drug-likeness (QED) is 0.762. The molecule has 9 heteroatoms. The second-order valence-electron chi connectivity index (χ2n) is 4.85. The van der Waals surface area contributed by atoms with E-state index in [1.807, 2.05) is 5.32 Å². The maximum absolute atomic E-state index is 13.6. The number of imide groups is 1. The van der Waals surface area contributed by atoms with Gasteiger partial charge in [-0.2, -0.15) is 0 Å². The molecular formula is C16H14ClFN2O5. The first-order valence-corrected chi connectivity index (χ1v) is 7.52. The van der Waals surface area contributed by atoms with E-state index in [-0.39, 0.29) is 17.1 Å². The highest BCUT2D eigenvalue weighted by Crippen LogP contribution is 2.19. The number of carbonyl (C=O) groups excluding carboxylic acids is 3. The van der Waals surface area contributed by atoms with Crippen LogP contribution in [0.1, 0.15) is 11.3 Å². The van der Waals surface area contributed by atoms with Crippen LogP contribution in [0.25, 0.3) is 0 Å². The summed E-state index contributed by atoms with van der Waals surface area (Å²) >= 11 is 5.79. The van der Waals surface area contributed by atoms with Crippen molar-refractivity contribution in [1.82, 2.24) is 10.6 Å². The lowest BCUT2D eigenvalue weighted by Gasteiger charge is -2.08. The van der Waals surface area contributed by atoms with Crippen LogP contribution >= 0.6 is 11.6 Å². The highest BCUT2D eigenvalue weighted by atomic mass is 35.5. The predicted molar refractivity (Wildman–Crippen MR) is 85.2 cm³/mol. The van der Waals surface area contributed by atoms with Crippen molar-refractivity contribution in [2.24, 2.45) is 0 Å². The molecule has 0 saturated carbocycles. The van der Waals surface area contributed by atoms with E-state index in [2.05, 4.69) is 5.32 Å². The lowest BCUT2D eigenvalue weighted by molar-refractivity contribution is -0.147. The maximum atomic E-state index is 13.6. The van der Waals surface area contributed by atoms with E-state index >= 15 is 0 Å². The van der Waals surface area contributed by atoms with E-state index < -0.39 is 36.8 Å². The van der Waals surface area contributed by atoms with Gasteiger partial charge < -0.3 is 14.5 Å². The number of ether oxygens (including phenoxy) is 1. The summed E-state index contributed by atoms with van der Waals surface area (Å²) in [4.78, 5) is 34.7. The number of carbonyl (C=O) groups is 3. The number of esters is 1. The minimum Gasteiger partial charge on any atom is -0.467 e. The first kappa shape index (κ1) is 18.5. The minimum atomic E-state index is -0.849. The molecule has 0 aliphatic carbocycles. The first-order valence-electron chi connectivity index (χ1n) is 7.14. The Morgan fingerprint density at radius 3 is 2.68 bits per heavy atom. The van der Waals surface area contributed by atoms with Gasteiger partial charge in [-0.15, -0.1) is 0 Å². The topological polar surface area (TPSA) is 97.6 Å². The molecule has 1 heterocycles. The summed E-state index contributed by atoms with van der Waals surface area (Å²) in [6.07, 6.45) is 1.02. The van der Waals surface area contributed by atoms with Crippen molar-refractivity contribution in [3.05, 3.63) is 58.8 Å². The molecule has 0 saturated heterocycles. The number of furan rings is 1. The Balaban J connectivity index is 1.72. The molecule has 0 atom stereocenters. The molecule has 0 aliphatic rings.